The molecule has 0 spiro atoms. The Kier molecular flexibility index (Phi) is 6.33. The van der Waals surface area contributed by atoms with E-state index in [0.29, 0.717) is 6.54 Å². The van der Waals surface area contributed by atoms with Crippen molar-refractivity contribution in [3.05, 3.63) is 123 Å². The molecular formula is C35H37NO3. The summed E-state index contributed by atoms with van der Waals surface area (Å²) in [5.41, 5.74) is 7.49. The number of fused-ring (bicyclic) bond motifs is 1. The van der Waals surface area contributed by atoms with Gasteiger partial charge in [0.25, 0.3) is 0 Å². The van der Waals surface area contributed by atoms with Gasteiger partial charge in [-0.1, -0.05) is 87.5 Å². The highest BCUT2D eigenvalue weighted by molar-refractivity contribution is 6.13. The number of carbonyl (C=O) groups is 1. The van der Waals surface area contributed by atoms with E-state index in [-0.39, 0.29) is 22.8 Å². The smallest absolute Gasteiger partial charge is 0.247 e. The summed E-state index contributed by atoms with van der Waals surface area (Å²) in [5, 5.41) is 21.2. The molecule has 2 N–H and O–H groups in total. The first-order valence-corrected chi connectivity index (χ1v) is 13.5. The van der Waals surface area contributed by atoms with Crippen LogP contribution in [0.2, 0.25) is 0 Å². The van der Waals surface area contributed by atoms with Gasteiger partial charge in [-0.25, -0.2) is 0 Å². The first kappa shape index (κ1) is 26.6. The third-order valence-corrected chi connectivity index (χ3v) is 8.17. The second-order valence-electron chi connectivity index (χ2n) is 12.0. The summed E-state index contributed by atoms with van der Waals surface area (Å²) in [7, 11) is 0. The largest absolute Gasteiger partial charge is 0.507 e. The molecule has 39 heavy (non-hydrogen) atoms. The number of aryl methyl sites for hydroxylation is 4. The fourth-order valence-corrected chi connectivity index (χ4v) is 5.97. The number of nitrogens with zero attached hydrogens (tertiary/aromatic N) is 1. The Hall–Kier alpha value is -4.05. The van der Waals surface area contributed by atoms with Gasteiger partial charge >= 0.3 is 0 Å². The zero-order valence-corrected chi connectivity index (χ0v) is 23.9. The fourth-order valence-electron chi connectivity index (χ4n) is 5.97. The van der Waals surface area contributed by atoms with Crippen molar-refractivity contribution in [3.8, 4) is 11.5 Å². The van der Waals surface area contributed by atoms with E-state index < -0.39 is 5.41 Å². The molecule has 0 saturated heterocycles. The second kappa shape index (κ2) is 9.30. The maximum atomic E-state index is 14.9. The van der Waals surface area contributed by atoms with Crippen molar-refractivity contribution in [2.45, 2.75) is 65.8 Å². The number of anilines is 1. The lowest BCUT2D eigenvalue weighted by atomic mass is 9.69. The summed E-state index contributed by atoms with van der Waals surface area (Å²) in [6.45, 7) is 14.5. The van der Waals surface area contributed by atoms with Crippen molar-refractivity contribution < 1.29 is 15.0 Å². The van der Waals surface area contributed by atoms with E-state index in [1.807, 2.05) is 81.1 Å². The van der Waals surface area contributed by atoms with Crippen molar-refractivity contribution in [2.75, 3.05) is 4.90 Å². The minimum Gasteiger partial charge on any atom is -0.507 e. The lowest BCUT2D eigenvalue weighted by Crippen LogP contribution is -2.42. The lowest BCUT2D eigenvalue weighted by Gasteiger charge is -2.32. The molecule has 0 fully saturated rings. The third-order valence-electron chi connectivity index (χ3n) is 8.17. The van der Waals surface area contributed by atoms with E-state index in [0.717, 1.165) is 50.2 Å². The molecule has 0 aromatic heterocycles. The first-order valence-electron chi connectivity index (χ1n) is 13.5. The summed E-state index contributed by atoms with van der Waals surface area (Å²) >= 11 is 0. The molecule has 4 aromatic carbocycles. The monoisotopic (exact) mass is 519 g/mol. The van der Waals surface area contributed by atoms with Crippen molar-refractivity contribution in [1.82, 2.24) is 0 Å². The second-order valence-corrected chi connectivity index (χ2v) is 12.0. The van der Waals surface area contributed by atoms with E-state index in [1.165, 1.54) is 5.56 Å². The van der Waals surface area contributed by atoms with Gasteiger partial charge in [-0.2, -0.15) is 0 Å². The molecule has 0 saturated carbocycles. The van der Waals surface area contributed by atoms with Gasteiger partial charge < -0.3 is 15.1 Å². The van der Waals surface area contributed by atoms with Crippen LogP contribution in [0.4, 0.5) is 5.69 Å². The maximum Gasteiger partial charge on any atom is 0.247 e. The molecular weight excluding hydrogens is 482 g/mol. The van der Waals surface area contributed by atoms with Gasteiger partial charge in [0.2, 0.25) is 5.91 Å². The van der Waals surface area contributed by atoms with Crippen molar-refractivity contribution in [1.29, 1.82) is 0 Å². The number of phenols is 2. The number of hydrogen-bond acceptors (Lipinski definition) is 3. The van der Waals surface area contributed by atoms with Gasteiger partial charge in [0.05, 0.1) is 6.54 Å². The predicted octanol–water partition coefficient (Wildman–Crippen LogP) is 7.51. The molecule has 0 unspecified atom stereocenters. The summed E-state index contributed by atoms with van der Waals surface area (Å²) in [6.07, 6.45) is 0. The van der Waals surface area contributed by atoms with Crippen molar-refractivity contribution in [2.24, 2.45) is 0 Å². The standard InChI is InChI=1S/C35H37NO3/c1-21-16-27(17-22(2)31(21)37)35(28-18-23(3)32(38)24(4)19-28)29-10-8-9-11-30(29)36(33(35)39)20-25-12-14-26(15-13-25)34(5,6)7/h8-19,37-38H,20H2,1-7H3. The lowest BCUT2D eigenvalue weighted by molar-refractivity contribution is -0.120. The van der Waals surface area contributed by atoms with Crippen LogP contribution in [-0.4, -0.2) is 16.1 Å². The van der Waals surface area contributed by atoms with Gasteiger partial charge in [-0.15, -0.1) is 0 Å². The Bertz CT molecular complexity index is 1490. The van der Waals surface area contributed by atoms with Crippen molar-refractivity contribution in [3.63, 3.8) is 0 Å². The summed E-state index contributed by atoms with van der Waals surface area (Å²) in [4.78, 5) is 16.8. The molecule has 1 aliphatic heterocycles. The Balaban J connectivity index is 1.76. The Morgan fingerprint density at radius 2 is 1.18 bits per heavy atom. The number of benzene rings is 4. The molecule has 0 atom stereocenters. The van der Waals surface area contributed by atoms with Crippen LogP contribution in [0.3, 0.4) is 0 Å². The van der Waals surface area contributed by atoms with E-state index in [9.17, 15) is 15.0 Å². The highest BCUT2D eigenvalue weighted by atomic mass is 16.3. The van der Waals surface area contributed by atoms with E-state index in [1.54, 1.807) is 0 Å². The van der Waals surface area contributed by atoms with Crippen LogP contribution in [0.25, 0.3) is 0 Å². The predicted molar refractivity (Wildman–Crippen MR) is 158 cm³/mol. The van der Waals surface area contributed by atoms with Crippen LogP contribution in [0.5, 0.6) is 11.5 Å². The number of hydrogen-bond donors (Lipinski definition) is 2. The van der Waals surface area contributed by atoms with E-state index >= 15 is 0 Å². The number of aromatic hydroxyl groups is 2. The zero-order valence-electron chi connectivity index (χ0n) is 23.9. The first-order chi connectivity index (χ1) is 18.4. The van der Waals surface area contributed by atoms with Gasteiger partial charge in [0.1, 0.15) is 16.9 Å². The van der Waals surface area contributed by atoms with Crippen LogP contribution in [0.1, 0.15) is 70.8 Å². The normalized spacial score (nSPS) is 14.5. The molecule has 1 aliphatic rings. The molecule has 0 bridgehead atoms. The minimum atomic E-state index is -1.13. The van der Waals surface area contributed by atoms with Crippen LogP contribution in [0, 0.1) is 27.7 Å². The molecule has 4 heteroatoms. The molecule has 0 radical (unpaired) electrons. The number of rotatable bonds is 4. The summed E-state index contributed by atoms with van der Waals surface area (Å²) in [5.74, 6) is 0.431. The SMILES string of the molecule is Cc1cc(C2(c3cc(C)c(O)c(C)c3)C(=O)N(Cc3ccc(C(C)(C)C)cc3)c3ccccc32)cc(C)c1O. The van der Waals surface area contributed by atoms with Gasteiger partial charge in [0.15, 0.2) is 0 Å². The molecule has 5 rings (SSSR count). The van der Waals surface area contributed by atoms with Crippen LogP contribution < -0.4 is 4.90 Å². The Labute approximate surface area is 231 Å². The minimum absolute atomic E-state index is 0.0439. The number of amides is 1. The Morgan fingerprint density at radius 1 is 0.718 bits per heavy atom. The molecule has 4 aromatic rings. The average Bonchev–Trinajstić information content (AvgIpc) is 3.13. The maximum absolute atomic E-state index is 14.9. The third kappa shape index (κ3) is 4.19. The number of phenolic OH excluding ortho intramolecular Hbond substituents is 2. The van der Waals surface area contributed by atoms with Crippen LogP contribution in [-0.2, 0) is 22.2 Å². The van der Waals surface area contributed by atoms with Gasteiger partial charge in [0, 0.05) is 11.3 Å². The molecule has 200 valence electrons. The summed E-state index contributed by atoms with van der Waals surface area (Å²) in [6, 6.07) is 24.2. The molecule has 1 heterocycles. The highest BCUT2D eigenvalue weighted by Gasteiger charge is 2.53. The fraction of sp³-hybridized carbons (Fsp3) is 0.286. The topological polar surface area (TPSA) is 60.8 Å². The van der Waals surface area contributed by atoms with E-state index in [4.69, 9.17) is 0 Å². The molecule has 4 nitrogen and oxygen atoms in total. The van der Waals surface area contributed by atoms with E-state index in [2.05, 4.69) is 45.0 Å². The molecule has 0 aliphatic carbocycles. The van der Waals surface area contributed by atoms with Crippen LogP contribution >= 0.6 is 0 Å². The zero-order chi connectivity index (χ0) is 28.3. The van der Waals surface area contributed by atoms with Gasteiger partial charge in [-0.3, -0.25) is 4.79 Å². The quantitative estimate of drug-likeness (QED) is 0.293. The highest BCUT2D eigenvalue weighted by Crippen LogP contribution is 2.52. The number of carbonyl (C=O) groups excluding carboxylic acids is 1. The Morgan fingerprint density at radius 3 is 1.64 bits per heavy atom. The van der Waals surface area contributed by atoms with Gasteiger partial charge in [-0.05, 0) is 83.7 Å². The average molecular weight is 520 g/mol. The van der Waals surface area contributed by atoms with Crippen LogP contribution in [0.15, 0.2) is 72.8 Å². The summed E-state index contributed by atoms with van der Waals surface area (Å²) < 4.78 is 0. The van der Waals surface area contributed by atoms with Crippen molar-refractivity contribution >= 4 is 11.6 Å². The number of para-hydroxylation sites is 1. The molecule has 1 amide bonds.